The molecule has 0 radical (unpaired) electrons. The molecule has 0 spiro atoms. The Balaban J connectivity index is 5.00. The number of rotatable bonds is 27. The lowest BCUT2D eigenvalue weighted by atomic mass is 10.0. The van der Waals surface area contributed by atoms with Gasteiger partial charge in [0, 0.05) is 25.7 Å². The molecule has 0 aliphatic carbocycles. The molecule has 3 atom stereocenters. The molecule has 3 unspecified atom stereocenters. The SMILES string of the molecule is CCCCCCCCCCCCCC(=O)NC(CCC(=O)NC(CCC(=O)O)C(=O)O)C(=O)NC(CCC(=O)O)C(=O)O. The van der Waals surface area contributed by atoms with Gasteiger partial charge in [0.05, 0.1) is 0 Å². The normalized spacial score (nSPS) is 12.9. The van der Waals surface area contributed by atoms with Crippen LogP contribution in [0.1, 0.15) is 122 Å². The van der Waals surface area contributed by atoms with Crippen molar-refractivity contribution in [1.82, 2.24) is 16.0 Å². The van der Waals surface area contributed by atoms with Gasteiger partial charge in [0.1, 0.15) is 18.1 Å². The number of carbonyl (C=O) groups excluding carboxylic acids is 3. The van der Waals surface area contributed by atoms with Gasteiger partial charge < -0.3 is 36.4 Å². The van der Waals surface area contributed by atoms with Gasteiger partial charge in [-0.2, -0.15) is 0 Å². The van der Waals surface area contributed by atoms with Gasteiger partial charge in [-0.1, -0.05) is 71.1 Å². The van der Waals surface area contributed by atoms with Crippen LogP contribution in [0.4, 0.5) is 0 Å². The Hall–Kier alpha value is -3.71. The Labute approximate surface area is 252 Å². The van der Waals surface area contributed by atoms with Crippen LogP contribution in [-0.4, -0.2) is 80.2 Å². The van der Waals surface area contributed by atoms with Crippen molar-refractivity contribution in [1.29, 1.82) is 0 Å². The largest absolute Gasteiger partial charge is 0.481 e. The molecule has 14 nitrogen and oxygen atoms in total. The predicted octanol–water partition coefficient (Wildman–Crippen LogP) is 2.82. The summed E-state index contributed by atoms with van der Waals surface area (Å²) in [4.78, 5) is 82.4. The van der Waals surface area contributed by atoms with Crippen molar-refractivity contribution in [2.45, 2.75) is 141 Å². The molecular weight excluding hydrogens is 566 g/mol. The molecule has 0 aliphatic heterocycles. The van der Waals surface area contributed by atoms with E-state index < -0.39 is 85.4 Å². The van der Waals surface area contributed by atoms with Gasteiger partial charge in [-0.15, -0.1) is 0 Å². The Morgan fingerprint density at radius 2 is 0.837 bits per heavy atom. The molecule has 0 saturated heterocycles. The average molecular weight is 616 g/mol. The van der Waals surface area contributed by atoms with E-state index in [0.717, 1.165) is 25.7 Å². The summed E-state index contributed by atoms with van der Waals surface area (Å²) in [6, 6.07) is -4.37. The number of hydrogen-bond acceptors (Lipinski definition) is 7. The van der Waals surface area contributed by atoms with Crippen molar-refractivity contribution in [3.8, 4) is 0 Å². The summed E-state index contributed by atoms with van der Waals surface area (Å²) in [6.45, 7) is 2.18. The maximum atomic E-state index is 12.9. The van der Waals surface area contributed by atoms with E-state index in [1.165, 1.54) is 38.5 Å². The lowest BCUT2D eigenvalue weighted by molar-refractivity contribution is -0.144. The summed E-state index contributed by atoms with van der Waals surface area (Å²) in [5.74, 6) is -7.64. The summed E-state index contributed by atoms with van der Waals surface area (Å²) in [5, 5.41) is 43.1. The van der Waals surface area contributed by atoms with E-state index in [0.29, 0.717) is 6.42 Å². The molecule has 43 heavy (non-hydrogen) atoms. The Morgan fingerprint density at radius 3 is 1.28 bits per heavy atom. The maximum absolute atomic E-state index is 12.9. The monoisotopic (exact) mass is 615 g/mol. The Morgan fingerprint density at radius 1 is 0.465 bits per heavy atom. The zero-order valence-electron chi connectivity index (χ0n) is 25.1. The third-order valence-electron chi connectivity index (χ3n) is 6.86. The fourth-order valence-corrected chi connectivity index (χ4v) is 4.35. The zero-order chi connectivity index (χ0) is 32.6. The first-order valence-corrected chi connectivity index (χ1v) is 15.2. The second kappa shape index (κ2) is 23.8. The minimum absolute atomic E-state index is 0.102. The van der Waals surface area contributed by atoms with E-state index >= 15 is 0 Å². The van der Waals surface area contributed by atoms with Crippen LogP contribution in [0.2, 0.25) is 0 Å². The smallest absolute Gasteiger partial charge is 0.326 e. The summed E-state index contributed by atoms with van der Waals surface area (Å²) in [7, 11) is 0. The van der Waals surface area contributed by atoms with Crippen LogP contribution in [0, 0.1) is 0 Å². The number of carboxylic acid groups (broad SMARTS) is 4. The fourth-order valence-electron chi connectivity index (χ4n) is 4.35. The molecule has 7 N–H and O–H groups in total. The van der Waals surface area contributed by atoms with Crippen molar-refractivity contribution in [2.24, 2.45) is 0 Å². The molecule has 14 heteroatoms. The number of carboxylic acids is 4. The van der Waals surface area contributed by atoms with Gasteiger partial charge in [-0.3, -0.25) is 24.0 Å². The number of carbonyl (C=O) groups is 7. The van der Waals surface area contributed by atoms with Crippen LogP contribution in [0.25, 0.3) is 0 Å². The molecule has 246 valence electrons. The van der Waals surface area contributed by atoms with Gasteiger partial charge in [0.2, 0.25) is 17.7 Å². The van der Waals surface area contributed by atoms with Crippen LogP contribution in [0.3, 0.4) is 0 Å². The van der Waals surface area contributed by atoms with Crippen molar-refractivity contribution in [3.05, 3.63) is 0 Å². The minimum Gasteiger partial charge on any atom is -0.481 e. The highest BCUT2D eigenvalue weighted by atomic mass is 16.4. The topological polar surface area (TPSA) is 236 Å². The fraction of sp³-hybridized carbons (Fsp3) is 0.759. The van der Waals surface area contributed by atoms with Crippen LogP contribution >= 0.6 is 0 Å². The summed E-state index contributed by atoms with van der Waals surface area (Å²) < 4.78 is 0. The number of aliphatic carboxylic acids is 4. The van der Waals surface area contributed by atoms with Gasteiger partial charge in [-0.25, -0.2) is 9.59 Å². The average Bonchev–Trinajstić information content (AvgIpc) is 2.93. The van der Waals surface area contributed by atoms with E-state index in [2.05, 4.69) is 22.9 Å². The van der Waals surface area contributed by atoms with E-state index in [1.54, 1.807) is 0 Å². The molecule has 0 aromatic rings. The molecule has 3 amide bonds. The second-order valence-electron chi connectivity index (χ2n) is 10.7. The van der Waals surface area contributed by atoms with Crippen LogP contribution in [0.5, 0.6) is 0 Å². The van der Waals surface area contributed by atoms with Gasteiger partial charge >= 0.3 is 23.9 Å². The molecule has 0 saturated carbocycles. The van der Waals surface area contributed by atoms with Crippen molar-refractivity contribution < 1.29 is 54.0 Å². The first-order chi connectivity index (χ1) is 20.4. The van der Waals surface area contributed by atoms with Crippen molar-refractivity contribution >= 4 is 41.6 Å². The number of amides is 3. The molecule has 0 aromatic carbocycles. The van der Waals surface area contributed by atoms with Gasteiger partial charge in [0.15, 0.2) is 0 Å². The predicted molar refractivity (Wildman–Crippen MR) is 155 cm³/mol. The lowest BCUT2D eigenvalue weighted by Crippen LogP contribution is -2.52. The summed E-state index contributed by atoms with van der Waals surface area (Å²) in [6.07, 6.45) is 9.53. The standard InChI is InChI=1S/C29H49N3O11/c1-2-3-4-5-6-7-8-9-10-11-12-13-23(33)30-20(27(39)32-22(29(42)43)16-19-26(37)38)14-17-24(34)31-21(28(40)41)15-18-25(35)36/h20-22H,2-19H2,1H3,(H,30,33)(H,31,34)(H,32,39)(H,35,36)(H,37,38)(H,40,41)(H,42,43). The molecule has 0 fully saturated rings. The highest BCUT2D eigenvalue weighted by Gasteiger charge is 2.28. The number of unbranched alkanes of at least 4 members (excludes halogenated alkanes) is 10. The first-order valence-electron chi connectivity index (χ1n) is 15.2. The molecule has 0 aliphatic rings. The molecular formula is C29H49N3O11. The lowest BCUT2D eigenvalue weighted by Gasteiger charge is -2.22. The number of nitrogens with one attached hydrogen (secondary N) is 3. The van der Waals surface area contributed by atoms with Crippen molar-refractivity contribution in [2.75, 3.05) is 0 Å². The molecule has 0 aromatic heterocycles. The Kier molecular flexibility index (Phi) is 21.8. The summed E-state index contributed by atoms with van der Waals surface area (Å²) in [5.41, 5.74) is 0. The van der Waals surface area contributed by atoms with Crippen LogP contribution in [-0.2, 0) is 33.6 Å². The maximum Gasteiger partial charge on any atom is 0.326 e. The van der Waals surface area contributed by atoms with Gasteiger partial charge in [0.25, 0.3) is 0 Å². The third kappa shape index (κ3) is 21.6. The van der Waals surface area contributed by atoms with Gasteiger partial charge in [-0.05, 0) is 25.7 Å². The summed E-state index contributed by atoms with van der Waals surface area (Å²) >= 11 is 0. The minimum atomic E-state index is -1.55. The zero-order valence-corrected chi connectivity index (χ0v) is 25.1. The first kappa shape index (κ1) is 39.3. The molecule has 0 bridgehead atoms. The number of hydrogen-bond donors (Lipinski definition) is 7. The highest BCUT2D eigenvalue weighted by molar-refractivity contribution is 5.91. The Bertz CT molecular complexity index is 910. The quantitative estimate of drug-likeness (QED) is 0.0663. The second-order valence-corrected chi connectivity index (χ2v) is 10.7. The molecule has 0 rings (SSSR count). The third-order valence-corrected chi connectivity index (χ3v) is 6.86. The van der Waals surface area contributed by atoms with E-state index in [1.807, 2.05) is 0 Å². The van der Waals surface area contributed by atoms with Crippen LogP contribution < -0.4 is 16.0 Å². The molecule has 0 heterocycles. The van der Waals surface area contributed by atoms with Crippen molar-refractivity contribution in [3.63, 3.8) is 0 Å². The highest BCUT2D eigenvalue weighted by Crippen LogP contribution is 2.12. The van der Waals surface area contributed by atoms with E-state index in [4.69, 9.17) is 10.2 Å². The van der Waals surface area contributed by atoms with Crippen LogP contribution in [0.15, 0.2) is 0 Å². The van der Waals surface area contributed by atoms with E-state index in [-0.39, 0.29) is 19.3 Å². The van der Waals surface area contributed by atoms with E-state index in [9.17, 15) is 43.8 Å².